The summed E-state index contributed by atoms with van der Waals surface area (Å²) in [6, 6.07) is 0. The van der Waals surface area contributed by atoms with Crippen molar-refractivity contribution in [2.45, 2.75) is 25.5 Å². The molecule has 0 aliphatic carbocycles. The van der Waals surface area contributed by atoms with Gasteiger partial charge in [-0.15, -0.1) is 6.58 Å². The summed E-state index contributed by atoms with van der Waals surface area (Å²) >= 11 is 0. The molecule has 0 radical (unpaired) electrons. The topological polar surface area (TPSA) is 59.9 Å². The molecule has 5 nitrogen and oxygen atoms in total. The van der Waals surface area contributed by atoms with Crippen LogP contribution in [0.4, 0.5) is 0 Å². The van der Waals surface area contributed by atoms with Gasteiger partial charge in [0.1, 0.15) is 6.10 Å². The van der Waals surface area contributed by atoms with Crippen molar-refractivity contribution in [2.24, 2.45) is 0 Å². The first-order valence-corrected chi connectivity index (χ1v) is 4.70. The Balaban J connectivity index is 2.31. The minimum absolute atomic E-state index is 0.0334. The average Bonchev–Trinajstić information content (AvgIpc) is 2.77. The monoisotopic (exact) mass is 195 g/mol. The lowest BCUT2D eigenvalue weighted by Crippen LogP contribution is -2.19. The van der Waals surface area contributed by atoms with E-state index in [0.29, 0.717) is 12.4 Å². The third-order valence-electron chi connectivity index (χ3n) is 2.32. The van der Waals surface area contributed by atoms with E-state index in [4.69, 9.17) is 4.74 Å². The summed E-state index contributed by atoms with van der Waals surface area (Å²) in [6.07, 6.45) is 3.60. The van der Waals surface area contributed by atoms with Crippen LogP contribution in [-0.4, -0.2) is 21.4 Å². The number of nitrogens with one attached hydrogen (secondary N) is 1. The fourth-order valence-corrected chi connectivity index (χ4v) is 1.66. The van der Waals surface area contributed by atoms with Crippen molar-refractivity contribution in [3.05, 3.63) is 29.0 Å². The normalized spacial score (nSPS) is 21.3. The van der Waals surface area contributed by atoms with E-state index in [0.717, 1.165) is 19.4 Å². The standard InChI is InChI=1S/C9H13N3O2/c1-2-5-12-8(10-11-9(12)13)7-4-3-6-14-7/h2,7H,1,3-6H2,(H,11,13). The molecule has 1 aliphatic rings. The summed E-state index contributed by atoms with van der Waals surface area (Å²) in [5.74, 6) is 0.687. The third kappa shape index (κ3) is 1.50. The molecule has 1 unspecified atom stereocenters. The van der Waals surface area contributed by atoms with Crippen LogP contribution in [0.5, 0.6) is 0 Å². The maximum Gasteiger partial charge on any atom is 0.343 e. The van der Waals surface area contributed by atoms with Gasteiger partial charge >= 0.3 is 5.69 Å². The zero-order valence-corrected chi connectivity index (χ0v) is 7.90. The summed E-state index contributed by atoms with van der Waals surface area (Å²) in [7, 11) is 0. The van der Waals surface area contributed by atoms with Crippen LogP contribution in [0.3, 0.4) is 0 Å². The van der Waals surface area contributed by atoms with Gasteiger partial charge in [0.05, 0.1) is 0 Å². The Morgan fingerprint density at radius 3 is 3.29 bits per heavy atom. The van der Waals surface area contributed by atoms with Crippen molar-refractivity contribution in [3.63, 3.8) is 0 Å². The third-order valence-corrected chi connectivity index (χ3v) is 2.32. The predicted octanol–water partition coefficient (Wildman–Crippen LogP) is 0.609. The summed E-state index contributed by atoms with van der Waals surface area (Å²) < 4.78 is 7.02. The molecule has 76 valence electrons. The number of rotatable bonds is 3. The van der Waals surface area contributed by atoms with Crippen LogP contribution in [-0.2, 0) is 11.3 Å². The number of hydrogen-bond donors (Lipinski definition) is 1. The molecule has 0 saturated carbocycles. The molecule has 1 atom stereocenters. The van der Waals surface area contributed by atoms with Gasteiger partial charge in [0.2, 0.25) is 0 Å². The van der Waals surface area contributed by atoms with Crippen LogP contribution >= 0.6 is 0 Å². The Kier molecular flexibility index (Phi) is 2.49. The first-order valence-electron chi connectivity index (χ1n) is 4.70. The largest absolute Gasteiger partial charge is 0.370 e. The van der Waals surface area contributed by atoms with Crippen molar-refractivity contribution >= 4 is 0 Å². The maximum atomic E-state index is 11.3. The van der Waals surface area contributed by atoms with Gasteiger partial charge in [0.15, 0.2) is 5.82 Å². The van der Waals surface area contributed by atoms with Gasteiger partial charge in [0, 0.05) is 13.2 Å². The first kappa shape index (κ1) is 9.21. The van der Waals surface area contributed by atoms with Gasteiger partial charge in [-0.05, 0) is 12.8 Å². The van der Waals surface area contributed by atoms with E-state index < -0.39 is 0 Å². The van der Waals surface area contributed by atoms with Gasteiger partial charge < -0.3 is 4.74 Å². The SMILES string of the molecule is C=CCn1c(C2CCCO2)n[nH]c1=O. The van der Waals surface area contributed by atoms with Crippen molar-refractivity contribution in [2.75, 3.05) is 6.61 Å². The number of allylic oxidation sites excluding steroid dienone is 1. The fourth-order valence-electron chi connectivity index (χ4n) is 1.66. The van der Waals surface area contributed by atoms with E-state index in [1.54, 1.807) is 10.6 Å². The predicted molar refractivity (Wildman–Crippen MR) is 51.0 cm³/mol. The van der Waals surface area contributed by atoms with Crippen LogP contribution in [0, 0.1) is 0 Å². The number of aromatic nitrogens is 3. The quantitative estimate of drug-likeness (QED) is 0.719. The Labute approximate surface area is 81.4 Å². The Hall–Kier alpha value is -1.36. The number of hydrogen-bond acceptors (Lipinski definition) is 3. The highest BCUT2D eigenvalue weighted by atomic mass is 16.5. The Morgan fingerprint density at radius 2 is 2.64 bits per heavy atom. The van der Waals surface area contributed by atoms with E-state index in [-0.39, 0.29) is 11.8 Å². The van der Waals surface area contributed by atoms with E-state index in [9.17, 15) is 4.79 Å². The second kappa shape index (κ2) is 3.79. The average molecular weight is 195 g/mol. The van der Waals surface area contributed by atoms with Gasteiger partial charge in [-0.3, -0.25) is 4.57 Å². The molecule has 5 heteroatoms. The van der Waals surface area contributed by atoms with Crippen LogP contribution in [0.15, 0.2) is 17.4 Å². The molecule has 1 fully saturated rings. The molecule has 0 bridgehead atoms. The molecule has 2 heterocycles. The smallest absolute Gasteiger partial charge is 0.343 e. The van der Waals surface area contributed by atoms with Gasteiger partial charge in [-0.25, -0.2) is 9.89 Å². The molecule has 14 heavy (non-hydrogen) atoms. The van der Waals surface area contributed by atoms with Gasteiger partial charge in [0.25, 0.3) is 0 Å². The van der Waals surface area contributed by atoms with Crippen LogP contribution < -0.4 is 5.69 Å². The molecule has 0 spiro atoms. The molecule has 0 aromatic carbocycles. The number of nitrogens with zero attached hydrogens (tertiary/aromatic N) is 2. The first-order chi connectivity index (χ1) is 6.83. The van der Waals surface area contributed by atoms with Crippen molar-refractivity contribution < 1.29 is 4.74 Å². The highest BCUT2D eigenvalue weighted by Gasteiger charge is 2.23. The lowest BCUT2D eigenvalue weighted by Gasteiger charge is -2.08. The van der Waals surface area contributed by atoms with Gasteiger partial charge in [-0.1, -0.05) is 6.08 Å². The molecule has 1 aliphatic heterocycles. The van der Waals surface area contributed by atoms with Crippen molar-refractivity contribution in [3.8, 4) is 0 Å². The van der Waals surface area contributed by atoms with E-state index >= 15 is 0 Å². The molecule has 1 aromatic rings. The molecule has 0 amide bonds. The fraction of sp³-hybridized carbons (Fsp3) is 0.556. The number of H-pyrrole nitrogens is 1. The lowest BCUT2D eigenvalue weighted by molar-refractivity contribution is 0.102. The Bertz CT molecular complexity index is 374. The molecular formula is C9H13N3O2. The highest BCUT2D eigenvalue weighted by molar-refractivity contribution is 4.95. The van der Waals surface area contributed by atoms with Crippen LogP contribution in [0.25, 0.3) is 0 Å². The van der Waals surface area contributed by atoms with Crippen molar-refractivity contribution in [1.29, 1.82) is 0 Å². The zero-order chi connectivity index (χ0) is 9.97. The maximum absolute atomic E-state index is 11.3. The summed E-state index contributed by atoms with van der Waals surface area (Å²) in [4.78, 5) is 11.3. The summed E-state index contributed by atoms with van der Waals surface area (Å²) in [6.45, 7) is 4.83. The highest BCUT2D eigenvalue weighted by Crippen LogP contribution is 2.25. The molecular weight excluding hydrogens is 182 g/mol. The van der Waals surface area contributed by atoms with E-state index in [2.05, 4.69) is 16.8 Å². The zero-order valence-electron chi connectivity index (χ0n) is 7.90. The van der Waals surface area contributed by atoms with E-state index in [1.807, 2.05) is 0 Å². The minimum Gasteiger partial charge on any atom is -0.370 e. The molecule has 2 rings (SSSR count). The van der Waals surface area contributed by atoms with Gasteiger partial charge in [-0.2, -0.15) is 5.10 Å². The van der Waals surface area contributed by atoms with E-state index in [1.165, 1.54) is 0 Å². The summed E-state index contributed by atoms with van der Waals surface area (Å²) in [5, 5.41) is 6.40. The Morgan fingerprint density at radius 1 is 1.79 bits per heavy atom. The molecule has 1 aromatic heterocycles. The van der Waals surface area contributed by atoms with Crippen LogP contribution in [0.1, 0.15) is 24.8 Å². The van der Waals surface area contributed by atoms with Crippen LogP contribution in [0.2, 0.25) is 0 Å². The van der Waals surface area contributed by atoms with Crippen molar-refractivity contribution in [1.82, 2.24) is 14.8 Å². The second-order valence-corrected chi connectivity index (χ2v) is 3.29. The lowest BCUT2D eigenvalue weighted by atomic mass is 10.2. The summed E-state index contributed by atoms with van der Waals surface area (Å²) in [5.41, 5.74) is -0.199. The number of ether oxygens (including phenoxy) is 1. The molecule has 1 saturated heterocycles. The minimum atomic E-state index is -0.199. The molecule has 1 N–H and O–H groups in total. The number of aromatic amines is 1. The second-order valence-electron chi connectivity index (χ2n) is 3.29.